The lowest BCUT2D eigenvalue weighted by atomic mass is 10.1. The molecule has 0 aliphatic carbocycles. The van der Waals surface area contributed by atoms with E-state index in [4.69, 9.17) is 21.4 Å². The number of rotatable bonds is 4. The molecule has 1 heterocycles. The van der Waals surface area contributed by atoms with Crippen molar-refractivity contribution in [3.8, 4) is 5.75 Å². The Morgan fingerprint density at radius 3 is 2.95 bits per heavy atom. The van der Waals surface area contributed by atoms with Crippen molar-refractivity contribution in [1.29, 1.82) is 0 Å². The minimum absolute atomic E-state index is 0.0585. The summed E-state index contributed by atoms with van der Waals surface area (Å²) in [6.45, 7) is 1.88. The van der Waals surface area contributed by atoms with Crippen LogP contribution >= 0.6 is 11.6 Å². The predicted octanol–water partition coefficient (Wildman–Crippen LogP) is 2.49. The second-order valence-corrected chi connectivity index (χ2v) is 4.73. The average molecular weight is 296 g/mol. The molecule has 0 atom stereocenters. The second-order valence-electron chi connectivity index (χ2n) is 4.29. The number of carbonyl (C=O) groups is 2. The van der Waals surface area contributed by atoms with E-state index < -0.39 is 5.97 Å². The summed E-state index contributed by atoms with van der Waals surface area (Å²) in [4.78, 5) is 24.4. The maximum absolute atomic E-state index is 11.9. The zero-order chi connectivity index (χ0) is 14.7. The Kier molecular flexibility index (Phi) is 4.29. The maximum Gasteiger partial charge on any atom is 0.331 e. The van der Waals surface area contributed by atoms with Crippen LogP contribution in [0.2, 0.25) is 5.02 Å². The average Bonchev–Trinajstić information content (AvgIpc) is 2.41. The number of aliphatic carboxylic acids is 1. The van der Waals surface area contributed by atoms with Gasteiger partial charge in [-0.15, -0.1) is 0 Å². The molecule has 0 bridgehead atoms. The van der Waals surface area contributed by atoms with Crippen LogP contribution in [0.15, 0.2) is 29.8 Å². The number of amides is 1. The first kappa shape index (κ1) is 14.4. The van der Waals surface area contributed by atoms with E-state index in [0.717, 1.165) is 0 Å². The Morgan fingerprint density at radius 1 is 1.55 bits per heavy atom. The van der Waals surface area contributed by atoms with E-state index >= 15 is 0 Å². The van der Waals surface area contributed by atoms with Gasteiger partial charge >= 0.3 is 5.97 Å². The van der Waals surface area contributed by atoms with Gasteiger partial charge in [0, 0.05) is 17.1 Å². The minimum atomic E-state index is -0.973. The lowest BCUT2D eigenvalue weighted by Crippen LogP contribution is -2.39. The summed E-state index contributed by atoms with van der Waals surface area (Å²) in [7, 11) is 0. The highest BCUT2D eigenvalue weighted by Crippen LogP contribution is 2.34. The smallest absolute Gasteiger partial charge is 0.331 e. The lowest BCUT2D eigenvalue weighted by molar-refractivity contribution is -0.132. The molecule has 1 amide bonds. The van der Waals surface area contributed by atoms with E-state index in [1.54, 1.807) is 25.1 Å². The van der Waals surface area contributed by atoms with E-state index in [-0.39, 0.29) is 24.6 Å². The third-order valence-electron chi connectivity index (χ3n) is 3.04. The van der Waals surface area contributed by atoms with Gasteiger partial charge in [-0.05, 0) is 24.6 Å². The molecule has 1 N–H and O–H groups in total. The first-order chi connectivity index (χ1) is 9.52. The number of carbonyl (C=O) groups excluding carboxylic acids is 1. The van der Waals surface area contributed by atoms with Crippen LogP contribution in [-0.4, -0.2) is 30.1 Å². The molecule has 0 spiro atoms. The van der Waals surface area contributed by atoms with E-state index in [1.165, 1.54) is 11.0 Å². The Hall–Kier alpha value is -2.01. The van der Waals surface area contributed by atoms with Gasteiger partial charge in [0.25, 0.3) is 5.91 Å². The molecule has 0 fully saturated rings. The van der Waals surface area contributed by atoms with Crippen molar-refractivity contribution in [3.63, 3.8) is 0 Å². The number of nitrogens with zero attached hydrogens (tertiary/aromatic N) is 1. The third-order valence-corrected chi connectivity index (χ3v) is 3.27. The second kappa shape index (κ2) is 5.96. The number of halogens is 1. The number of ether oxygens (including phenoxy) is 1. The van der Waals surface area contributed by atoms with E-state index in [0.29, 0.717) is 22.9 Å². The quantitative estimate of drug-likeness (QED) is 0.867. The Bertz CT molecular complexity index is 583. The number of hydrogen-bond acceptors (Lipinski definition) is 3. The summed E-state index contributed by atoms with van der Waals surface area (Å²) in [5, 5.41) is 9.48. The van der Waals surface area contributed by atoms with Crippen LogP contribution in [0.5, 0.6) is 5.75 Å². The van der Waals surface area contributed by atoms with Gasteiger partial charge in [-0.1, -0.05) is 24.6 Å². The van der Waals surface area contributed by atoms with Gasteiger partial charge in [-0.25, -0.2) is 4.79 Å². The number of anilines is 1. The van der Waals surface area contributed by atoms with E-state index in [1.807, 2.05) is 0 Å². The zero-order valence-electron chi connectivity index (χ0n) is 10.9. The van der Waals surface area contributed by atoms with Gasteiger partial charge in [0.1, 0.15) is 5.75 Å². The summed E-state index contributed by atoms with van der Waals surface area (Å²) in [5.74, 6) is -0.632. The number of carboxylic acid groups (broad SMARTS) is 1. The number of hydrogen-bond donors (Lipinski definition) is 1. The number of fused-ring (bicyclic) bond motifs is 1. The molecule has 106 valence electrons. The predicted molar refractivity (Wildman–Crippen MR) is 75.3 cm³/mol. The summed E-state index contributed by atoms with van der Waals surface area (Å²) in [5.41, 5.74) is 0.832. The van der Waals surface area contributed by atoms with Crippen molar-refractivity contribution in [2.24, 2.45) is 0 Å². The minimum Gasteiger partial charge on any atom is -0.482 e. The van der Waals surface area contributed by atoms with Crippen molar-refractivity contribution in [3.05, 3.63) is 34.9 Å². The van der Waals surface area contributed by atoms with E-state index in [9.17, 15) is 9.59 Å². The van der Waals surface area contributed by atoms with Crippen molar-refractivity contribution in [2.45, 2.75) is 13.3 Å². The molecule has 5 nitrogen and oxygen atoms in total. The van der Waals surface area contributed by atoms with Gasteiger partial charge < -0.3 is 14.7 Å². The SMILES string of the molecule is CCC(=CCN1C(=O)COc2ccc(Cl)cc21)C(=O)O. The van der Waals surface area contributed by atoms with E-state index in [2.05, 4.69) is 0 Å². The molecule has 1 aliphatic rings. The molecule has 0 unspecified atom stereocenters. The molecule has 0 saturated heterocycles. The molecule has 0 radical (unpaired) electrons. The molecule has 1 aliphatic heterocycles. The molecule has 0 saturated carbocycles. The summed E-state index contributed by atoms with van der Waals surface area (Å²) in [6, 6.07) is 5.01. The fraction of sp³-hybridized carbons (Fsp3) is 0.286. The van der Waals surface area contributed by atoms with Crippen molar-refractivity contribution in [2.75, 3.05) is 18.1 Å². The van der Waals surface area contributed by atoms with Gasteiger partial charge in [-0.3, -0.25) is 4.79 Å². The lowest BCUT2D eigenvalue weighted by Gasteiger charge is -2.28. The van der Waals surface area contributed by atoms with Crippen LogP contribution in [-0.2, 0) is 9.59 Å². The molecule has 1 aromatic rings. The molecule has 0 aromatic heterocycles. The van der Waals surface area contributed by atoms with Gasteiger partial charge in [0.05, 0.1) is 5.69 Å². The highest BCUT2D eigenvalue weighted by molar-refractivity contribution is 6.31. The van der Waals surface area contributed by atoms with Crippen LogP contribution in [0.4, 0.5) is 5.69 Å². The van der Waals surface area contributed by atoms with Crippen LogP contribution in [0.3, 0.4) is 0 Å². The summed E-state index contributed by atoms with van der Waals surface area (Å²) >= 11 is 5.93. The largest absolute Gasteiger partial charge is 0.482 e. The Morgan fingerprint density at radius 2 is 2.30 bits per heavy atom. The van der Waals surface area contributed by atoms with Gasteiger partial charge in [0.15, 0.2) is 6.61 Å². The van der Waals surface area contributed by atoms with Crippen molar-refractivity contribution < 1.29 is 19.4 Å². The van der Waals surface area contributed by atoms with Crippen LogP contribution in [0.25, 0.3) is 0 Å². The highest BCUT2D eigenvalue weighted by atomic mass is 35.5. The Labute approximate surface area is 121 Å². The third kappa shape index (κ3) is 2.93. The van der Waals surface area contributed by atoms with Crippen molar-refractivity contribution >= 4 is 29.2 Å². The normalized spacial score (nSPS) is 14.8. The summed E-state index contributed by atoms with van der Waals surface area (Å²) in [6.07, 6.45) is 1.94. The molecular weight excluding hydrogens is 282 g/mol. The molecule has 6 heteroatoms. The number of benzene rings is 1. The van der Waals surface area contributed by atoms with Crippen LogP contribution < -0.4 is 9.64 Å². The molecular formula is C14H14ClNO4. The first-order valence-electron chi connectivity index (χ1n) is 6.18. The monoisotopic (exact) mass is 295 g/mol. The van der Waals surface area contributed by atoms with Gasteiger partial charge in [-0.2, -0.15) is 0 Å². The fourth-order valence-corrected chi connectivity index (χ4v) is 2.13. The molecule has 1 aromatic carbocycles. The first-order valence-corrected chi connectivity index (χ1v) is 6.55. The summed E-state index contributed by atoms with van der Waals surface area (Å²) < 4.78 is 5.31. The topological polar surface area (TPSA) is 66.8 Å². The fourth-order valence-electron chi connectivity index (χ4n) is 1.96. The molecule has 20 heavy (non-hydrogen) atoms. The number of carboxylic acids is 1. The van der Waals surface area contributed by atoms with Crippen LogP contribution in [0, 0.1) is 0 Å². The maximum atomic E-state index is 11.9. The standard InChI is InChI=1S/C14H14ClNO4/c1-2-9(14(18)19)5-6-16-11-7-10(15)3-4-12(11)20-8-13(16)17/h3-5,7H,2,6,8H2,1H3,(H,18,19). The van der Waals surface area contributed by atoms with Crippen LogP contribution in [0.1, 0.15) is 13.3 Å². The Balaban J connectivity index is 2.30. The highest BCUT2D eigenvalue weighted by Gasteiger charge is 2.25. The molecule has 2 rings (SSSR count). The van der Waals surface area contributed by atoms with Gasteiger partial charge in [0.2, 0.25) is 0 Å². The zero-order valence-corrected chi connectivity index (χ0v) is 11.7. The van der Waals surface area contributed by atoms with Crippen molar-refractivity contribution in [1.82, 2.24) is 0 Å².